The monoisotopic (exact) mass is 933 g/mol. The van der Waals surface area contributed by atoms with Crippen molar-refractivity contribution in [2.45, 2.75) is 33.4 Å². The Morgan fingerprint density at radius 1 is 0.618 bits per heavy atom. The van der Waals surface area contributed by atoms with Gasteiger partial charge in [0.15, 0.2) is 30.5 Å². The van der Waals surface area contributed by atoms with Crippen molar-refractivity contribution >= 4 is 52.5 Å². The summed E-state index contributed by atoms with van der Waals surface area (Å²) < 4.78 is 42.1. The molecule has 0 aliphatic carbocycles. The fourth-order valence-electron chi connectivity index (χ4n) is 7.36. The van der Waals surface area contributed by atoms with E-state index in [-0.39, 0.29) is 51.5 Å². The number of pyridine rings is 2. The van der Waals surface area contributed by atoms with Crippen molar-refractivity contribution in [2.75, 3.05) is 75.6 Å². The van der Waals surface area contributed by atoms with E-state index in [1.54, 1.807) is 78.0 Å². The second-order valence-electron chi connectivity index (χ2n) is 15.1. The van der Waals surface area contributed by atoms with E-state index in [1.807, 2.05) is 6.07 Å². The highest BCUT2D eigenvalue weighted by molar-refractivity contribution is 6.03. The number of amides is 3. The van der Waals surface area contributed by atoms with Gasteiger partial charge in [0.2, 0.25) is 5.91 Å². The number of aliphatic hydroxyl groups is 1. The van der Waals surface area contributed by atoms with Crippen LogP contribution in [0.2, 0.25) is 0 Å². The average Bonchev–Trinajstić information content (AvgIpc) is 3.37. The van der Waals surface area contributed by atoms with Gasteiger partial charge in [0.1, 0.15) is 44.5 Å². The number of Topliss-reactive ketones (excluding diaryl/α,β-unsaturated/α-hetero) is 1. The molecule has 5 aromatic rings. The maximum absolute atomic E-state index is 12.4. The Bertz CT molecular complexity index is 2620. The van der Waals surface area contributed by atoms with Crippen molar-refractivity contribution < 1.29 is 71.8 Å². The molecule has 2 aromatic heterocycles. The maximum Gasteiger partial charge on any atom is 0.337 e. The number of ether oxygens (including phenoxy) is 8. The molecule has 0 spiro atoms. The molecule has 354 valence electrons. The Balaban J connectivity index is 0.000000156. The van der Waals surface area contributed by atoms with E-state index in [9.17, 15) is 28.8 Å². The van der Waals surface area contributed by atoms with Crippen LogP contribution in [0.15, 0.2) is 79.1 Å². The van der Waals surface area contributed by atoms with Crippen LogP contribution < -0.4 is 43.5 Å². The van der Waals surface area contributed by atoms with Gasteiger partial charge in [-0.1, -0.05) is 13.5 Å². The summed E-state index contributed by atoms with van der Waals surface area (Å²) >= 11 is 0. The Morgan fingerprint density at radius 3 is 1.63 bits per heavy atom. The smallest absolute Gasteiger partial charge is 0.337 e. The number of hydrogen-bond donors (Lipinski definition) is 2. The molecular formula is C48H47N5O15. The van der Waals surface area contributed by atoms with Crippen LogP contribution in [-0.4, -0.2) is 111 Å². The molecule has 7 heterocycles. The van der Waals surface area contributed by atoms with Gasteiger partial charge in [0, 0.05) is 30.1 Å². The Kier molecular flexibility index (Phi) is 15.0. The third kappa shape index (κ3) is 10.7. The molecule has 2 N–H and O–H groups in total. The summed E-state index contributed by atoms with van der Waals surface area (Å²) in [4.78, 5) is 82.3. The van der Waals surface area contributed by atoms with Gasteiger partial charge in [-0.25, -0.2) is 19.6 Å². The maximum atomic E-state index is 12.4. The van der Waals surface area contributed by atoms with Crippen LogP contribution >= 0.6 is 0 Å². The zero-order chi connectivity index (χ0) is 47.0. The van der Waals surface area contributed by atoms with Crippen LogP contribution in [-0.2, 0) is 43.4 Å². The molecule has 3 aromatic carbocycles. The van der Waals surface area contributed by atoms with Crippen LogP contribution in [0, 0.1) is 0 Å². The number of aliphatic hydroxyl groups excluding tert-OH is 1. The van der Waals surface area contributed by atoms with Crippen molar-refractivity contribution in [1.29, 1.82) is 0 Å². The summed E-state index contributed by atoms with van der Waals surface area (Å²) in [6, 6.07) is 18.4. The van der Waals surface area contributed by atoms with E-state index < -0.39 is 24.3 Å². The van der Waals surface area contributed by atoms with Gasteiger partial charge in [-0.2, -0.15) is 0 Å². The van der Waals surface area contributed by atoms with E-state index in [0.29, 0.717) is 101 Å². The largest absolute Gasteiger partial charge is 0.484 e. The number of nitrogens with zero attached hydrogens (tertiary/aromatic N) is 4. The summed E-state index contributed by atoms with van der Waals surface area (Å²) in [6.45, 7) is 1.59. The number of benzene rings is 3. The van der Waals surface area contributed by atoms with Crippen molar-refractivity contribution in [2.24, 2.45) is 0 Å². The molecule has 10 rings (SSSR count). The van der Waals surface area contributed by atoms with Gasteiger partial charge >= 0.3 is 11.9 Å². The molecule has 5 aliphatic rings. The molecule has 3 amide bonds. The Hall–Kier alpha value is -8.26. The predicted octanol–water partition coefficient (Wildman–Crippen LogP) is 4.51. The highest BCUT2D eigenvalue weighted by atomic mass is 16.6. The number of anilines is 3. The highest BCUT2D eigenvalue weighted by Crippen LogP contribution is 2.37. The average molecular weight is 934 g/mol. The van der Waals surface area contributed by atoms with E-state index in [0.717, 1.165) is 23.1 Å². The number of esters is 2. The fourth-order valence-corrected chi connectivity index (χ4v) is 7.36. The summed E-state index contributed by atoms with van der Waals surface area (Å²) in [6.07, 6.45) is 4.49. The minimum Gasteiger partial charge on any atom is -0.484 e. The first kappa shape index (κ1) is 47.7. The van der Waals surface area contributed by atoms with E-state index in [4.69, 9.17) is 38.3 Å². The normalized spacial score (nSPS) is 14.7. The van der Waals surface area contributed by atoms with Crippen molar-refractivity contribution in [3.05, 3.63) is 113 Å². The summed E-state index contributed by atoms with van der Waals surface area (Å²) in [5.74, 6) is 1.26. The van der Waals surface area contributed by atoms with Gasteiger partial charge in [0.05, 0.1) is 49.8 Å². The highest BCUT2D eigenvalue weighted by Gasteiger charge is 2.29. The number of hydrogen-bond acceptors (Lipinski definition) is 17. The number of aromatic nitrogens is 2. The summed E-state index contributed by atoms with van der Waals surface area (Å²) in [5, 5.41) is 11.8. The van der Waals surface area contributed by atoms with E-state index in [1.165, 1.54) is 19.1 Å². The topological polar surface area (TPSA) is 241 Å². The molecule has 0 saturated heterocycles. The second-order valence-corrected chi connectivity index (χ2v) is 15.1. The minimum absolute atomic E-state index is 0. The van der Waals surface area contributed by atoms with Crippen LogP contribution in [0.1, 0.15) is 61.6 Å². The standard InChI is InChI=1S/2C18H16N2O6.C11H11NO3.CH4/c1-23-18(22)12-2-3-14-13(7-12)20(16(21)10-26-14)9-11-6-15-17(19-8-11)25-5-4-24-15;21-9-14(22)12-1-2-15-13(6-12)20(17(23)10-26-15)8-11-5-16-18(19-7-11)25-4-3-24-16;1-15-11(14)8-3-2-7-4-5-10(13)12-9(7)6-8;/h2-3,6-8H,4-5,9-10H2,1H3;1-2,5-7,21H,3-4,8-10H2;2-3,6H,4-5H2,1H3,(H,12,13);1H4. The molecule has 5 aliphatic heterocycles. The van der Waals surface area contributed by atoms with Crippen molar-refractivity contribution in [3.8, 4) is 34.8 Å². The molecule has 0 fully saturated rings. The summed E-state index contributed by atoms with van der Waals surface area (Å²) in [7, 11) is 2.64. The molecule has 68 heavy (non-hydrogen) atoms. The Labute approximate surface area is 389 Å². The van der Waals surface area contributed by atoms with Crippen LogP contribution in [0.3, 0.4) is 0 Å². The first-order valence-electron chi connectivity index (χ1n) is 20.9. The lowest BCUT2D eigenvalue weighted by Crippen LogP contribution is -2.38. The lowest BCUT2D eigenvalue weighted by molar-refractivity contribution is -0.122. The minimum atomic E-state index is -0.598. The van der Waals surface area contributed by atoms with Gasteiger partial charge in [-0.15, -0.1) is 0 Å². The molecule has 0 bridgehead atoms. The zero-order valence-corrected chi connectivity index (χ0v) is 36.2. The third-order valence-electron chi connectivity index (χ3n) is 10.7. The lowest BCUT2D eigenvalue weighted by atomic mass is 10.0. The molecule has 20 heteroatoms. The van der Waals surface area contributed by atoms with Crippen LogP contribution in [0.5, 0.6) is 34.8 Å². The number of carbonyl (C=O) groups excluding carboxylic acids is 6. The molecule has 0 radical (unpaired) electrons. The number of nitrogens with one attached hydrogen (secondary N) is 1. The molecule has 20 nitrogen and oxygen atoms in total. The molecule has 0 saturated carbocycles. The predicted molar refractivity (Wildman–Crippen MR) is 241 cm³/mol. The third-order valence-corrected chi connectivity index (χ3v) is 10.7. The number of carbonyl (C=O) groups is 6. The van der Waals surface area contributed by atoms with Crippen molar-refractivity contribution in [3.63, 3.8) is 0 Å². The quantitative estimate of drug-likeness (QED) is 0.161. The molecule has 0 atom stereocenters. The number of fused-ring (bicyclic) bond motifs is 5. The van der Waals surface area contributed by atoms with E-state index in [2.05, 4.69) is 20.0 Å². The summed E-state index contributed by atoms with van der Waals surface area (Å²) in [5.41, 5.74) is 5.42. The van der Waals surface area contributed by atoms with Gasteiger partial charge in [-0.05, 0) is 83.8 Å². The second kappa shape index (κ2) is 21.4. The van der Waals surface area contributed by atoms with Gasteiger partial charge in [-0.3, -0.25) is 19.2 Å². The van der Waals surface area contributed by atoms with Gasteiger partial charge in [0.25, 0.3) is 23.6 Å². The van der Waals surface area contributed by atoms with Crippen LogP contribution in [0.25, 0.3) is 0 Å². The fraction of sp³-hybridized carbons (Fsp3) is 0.292. The van der Waals surface area contributed by atoms with E-state index >= 15 is 0 Å². The first-order chi connectivity index (χ1) is 32.5. The number of methoxy groups -OCH3 is 2. The SMILES string of the molecule is C.COC(=O)c1ccc2c(c1)N(Cc1cnc3c(c1)OCCO3)C(=O)CO2.COC(=O)c1ccc2c(c1)NC(=O)CC2.O=C(CO)c1ccc2c(c1)N(Cc1cnc3c(c1)OCCO3)C(=O)CO2. The van der Waals surface area contributed by atoms with Crippen LogP contribution in [0.4, 0.5) is 17.1 Å². The zero-order valence-electron chi connectivity index (χ0n) is 36.2. The first-order valence-corrected chi connectivity index (χ1v) is 20.9. The lowest BCUT2D eigenvalue weighted by Gasteiger charge is -2.30. The number of aryl methyl sites for hydroxylation is 1. The molecule has 0 unspecified atom stereocenters. The Morgan fingerprint density at radius 2 is 1.10 bits per heavy atom. The number of ketones is 1. The van der Waals surface area contributed by atoms with Gasteiger partial charge < -0.3 is 58.1 Å². The molecular weight excluding hydrogens is 887 g/mol. The number of rotatable bonds is 8. The van der Waals surface area contributed by atoms with Crippen molar-refractivity contribution in [1.82, 2.24) is 9.97 Å².